The first-order valence-corrected chi connectivity index (χ1v) is 8.86. The maximum Gasteiger partial charge on any atom is 0.274 e. The van der Waals surface area contributed by atoms with E-state index in [-0.39, 0.29) is 5.91 Å². The van der Waals surface area contributed by atoms with Crippen molar-refractivity contribution in [2.24, 2.45) is 0 Å². The molecule has 2 aliphatic heterocycles. The molecule has 1 fully saturated rings. The molecule has 3 heterocycles. The lowest BCUT2D eigenvalue weighted by Gasteiger charge is -2.21. The van der Waals surface area contributed by atoms with Crippen molar-refractivity contribution in [1.82, 2.24) is 14.9 Å². The molecule has 0 aliphatic carbocycles. The molecule has 1 saturated heterocycles. The number of aromatic nitrogens is 2. The zero-order valence-electron chi connectivity index (χ0n) is 13.8. The molecule has 2 aromatic rings. The number of rotatable bonds is 2. The molecule has 0 bridgehead atoms. The van der Waals surface area contributed by atoms with Crippen molar-refractivity contribution in [1.29, 1.82) is 0 Å². The number of anilines is 1. The first-order valence-electron chi connectivity index (χ1n) is 8.48. The Bertz CT molecular complexity index is 792. The number of ether oxygens (including phenoxy) is 1. The van der Waals surface area contributed by atoms with Crippen LogP contribution in [0.5, 0.6) is 5.75 Å². The highest BCUT2D eigenvalue weighted by Crippen LogP contribution is 2.28. The summed E-state index contributed by atoms with van der Waals surface area (Å²) in [6.07, 6.45) is 5.35. The number of hydrogen-bond acceptors (Lipinski definition) is 5. The van der Waals surface area contributed by atoms with Gasteiger partial charge in [0.2, 0.25) is 0 Å². The summed E-state index contributed by atoms with van der Waals surface area (Å²) < 4.78 is 5.79. The molecule has 2 aliphatic rings. The molecule has 1 aromatic carbocycles. The number of carbonyl (C=O) groups excluding carboxylic acids is 1. The van der Waals surface area contributed by atoms with Crippen molar-refractivity contribution in [3.05, 3.63) is 46.9 Å². The normalized spacial score (nSPS) is 17.0. The number of fused-ring (bicyclic) bond motifs is 1. The molecule has 1 aromatic heterocycles. The zero-order valence-corrected chi connectivity index (χ0v) is 14.6. The summed E-state index contributed by atoms with van der Waals surface area (Å²) in [5.74, 6) is 1.48. The fourth-order valence-electron chi connectivity index (χ4n) is 3.25. The van der Waals surface area contributed by atoms with E-state index in [1.165, 1.54) is 0 Å². The summed E-state index contributed by atoms with van der Waals surface area (Å²) in [4.78, 5) is 25.3. The fraction of sp³-hybridized carbons (Fsp3) is 0.389. The number of likely N-dealkylation sites (tertiary alicyclic amines) is 1. The molecule has 0 N–H and O–H groups in total. The second kappa shape index (κ2) is 6.88. The Hall–Kier alpha value is -2.34. The first kappa shape index (κ1) is 16.1. The van der Waals surface area contributed by atoms with Crippen molar-refractivity contribution in [2.45, 2.75) is 19.4 Å². The van der Waals surface area contributed by atoms with E-state index in [4.69, 9.17) is 16.3 Å². The lowest BCUT2D eigenvalue weighted by atomic mass is 10.2. The maximum absolute atomic E-state index is 12.6. The van der Waals surface area contributed by atoms with Gasteiger partial charge in [-0.05, 0) is 31.0 Å². The van der Waals surface area contributed by atoms with Crippen molar-refractivity contribution in [3.8, 4) is 5.75 Å². The van der Waals surface area contributed by atoms with Crippen LogP contribution in [0, 0.1) is 0 Å². The van der Waals surface area contributed by atoms with E-state index < -0.39 is 0 Å². The molecule has 25 heavy (non-hydrogen) atoms. The van der Waals surface area contributed by atoms with Crippen LogP contribution in [0.3, 0.4) is 0 Å². The second-order valence-electron chi connectivity index (χ2n) is 6.28. The van der Waals surface area contributed by atoms with Crippen LogP contribution in [0.2, 0.25) is 5.02 Å². The van der Waals surface area contributed by atoms with Crippen LogP contribution in [-0.4, -0.2) is 47.0 Å². The summed E-state index contributed by atoms with van der Waals surface area (Å²) in [5.41, 5.74) is 1.40. The maximum atomic E-state index is 12.6. The van der Waals surface area contributed by atoms with Gasteiger partial charge in [0.1, 0.15) is 23.9 Å². The van der Waals surface area contributed by atoms with E-state index >= 15 is 0 Å². The van der Waals surface area contributed by atoms with Gasteiger partial charge in [-0.15, -0.1) is 0 Å². The van der Waals surface area contributed by atoms with E-state index in [1.54, 1.807) is 12.4 Å². The molecule has 0 unspecified atom stereocenters. The quantitative estimate of drug-likeness (QED) is 0.826. The van der Waals surface area contributed by atoms with Gasteiger partial charge in [-0.1, -0.05) is 11.6 Å². The summed E-state index contributed by atoms with van der Waals surface area (Å²) in [7, 11) is 0. The summed E-state index contributed by atoms with van der Waals surface area (Å²) >= 11 is 6.11. The van der Waals surface area contributed by atoms with Gasteiger partial charge in [0, 0.05) is 30.2 Å². The molecular weight excluding hydrogens is 340 g/mol. The molecule has 0 spiro atoms. The zero-order chi connectivity index (χ0) is 17.2. The third kappa shape index (κ3) is 3.39. The van der Waals surface area contributed by atoms with Crippen LogP contribution < -0.4 is 9.64 Å². The smallest absolute Gasteiger partial charge is 0.274 e. The van der Waals surface area contributed by atoms with Crippen LogP contribution >= 0.6 is 11.6 Å². The average molecular weight is 359 g/mol. The van der Waals surface area contributed by atoms with Crippen LogP contribution in [0.1, 0.15) is 28.9 Å². The summed E-state index contributed by atoms with van der Waals surface area (Å²) in [5, 5.41) is 0.674. The van der Waals surface area contributed by atoms with Gasteiger partial charge in [-0.25, -0.2) is 4.98 Å². The van der Waals surface area contributed by atoms with Crippen molar-refractivity contribution in [2.75, 3.05) is 31.1 Å². The lowest BCUT2D eigenvalue weighted by Crippen LogP contribution is -2.30. The Morgan fingerprint density at radius 1 is 1.16 bits per heavy atom. The third-order valence-corrected chi connectivity index (χ3v) is 4.80. The highest BCUT2D eigenvalue weighted by Gasteiger charge is 2.23. The Morgan fingerprint density at radius 3 is 2.84 bits per heavy atom. The Kier molecular flexibility index (Phi) is 4.44. The van der Waals surface area contributed by atoms with E-state index in [9.17, 15) is 4.79 Å². The van der Waals surface area contributed by atoms with Crippen molar-refractivity contribution in [3.63, 3.8) is 0 Å². The van der Waals surface area contributed by atoms with Crippen LogP contribution in [0.4, 0.5) is 5.82 Å². The summed E-state index contributed by atoms with van der Waals surface area (Å²) in [6.45, 7) is 3.43. The highest BCUT2D eigenvalue weighted by atomic mass is 35.5. The van der Waals surface area contributed by atoms with Crippen LogP contribution in [0.25, 0.3) is 0 Å². The molecule has 0 saturated carbocycles. The second-order valence-corrected chi connectivity index (χ2v) is 6.72. The first-order chi connectivity index (χ1) is 12.2. The number of carbonyl (C=O) groups is 1. The standard InChI is InChI=1S/C18H19ClN4O2/c19-14-3-4-16-13(9-14)12-23(7-8-25-16)17-11-20-10-15(21-17)18(24)22-5-1-2-6-22/h3-4,9-11H,1-2,5-8,12H2. The van der Waals surface area contributed by atoms with Gasteiger partial charge in [0.15, 0.2) is 0 Å². The number of nitrogens with zero attached hydrogens (tertiary/aromatic N) is 4. The minimum atomic E-state index is -0.0404. The molecule has 0 atom stereocenters. The lowest BCUT2D eigenvalue weighted by molar-refractivity contribution is 0.0786. The fourth-order valence-corrected chi connectivity index (χ4v) is 3.45. The van der Waals surface area contributed by atoms with Gasteiger partial charge in [0.25, 0.3) is 5.91 Å². The molecule has 0 radical (unpaired) electrons. The van der Waals surface area contributed by atoms with E-state index in [1.807, 2.05) is 23.1 Å². The van der Waals surface area contributed by atoms with Crippen LogP contribution in [-0.2, 0) is 6.54 Å². The topological polar surface area (TPSA) is 58.6 Å². The minimum absolute atomic E-state index is 0.0404. The Balaban J connectivity index is 1.59. The molecule has 1 amide bonds. The molecule has 7 heteroatoms. The highest BCUT2D eigenvalue weighted by molar-refractivity contribution is 6.30. The van der Waals surface area contributed by atoms with E-state index in [0.29, 0.717) is 36.2 Å². The van der Waals surface area contributed by atoms with Crippen molar-refractivity contribution < 1.29 is 9.53 Å². The van der Waals surface area contributed by atoms with Gasteiger partial charge in [-0.2, -0.15) is 0 Å². The van der Waals surface area contributed by atoms with Gasteiger partial charge < -0.3 is 14.5 Å². The third-order valence-electron chi connectivity index (χ3n) is 4.56. The SMILES string of the molecule is O=C(c1cncc(N2CCOc3ccc(Cl)cc3C2)n1)N1CCCC1. The summed E-state index contributed by atoms with van der Waals surface area (Å²) in [6, 6.07) is 5.62. The Morgan fingerprint density at radius 2 is 2.00 bits per heavy atom. The predicted octanol–water partition coefficient (Wildman–Crippen LogP) is 2.77. The largest absolute Gasteiger partial charge is 0.491 e. The number of halogens is 1. The van der Waals surface area contributed by atoms with Crippen LogP contribution in [0.15, 0.2) is 30.6 Å². The average Bonchev–Trinajstić information content (AvgIpc) is 3.08. The van der Waals surface area contributed by atoms with E-state index in [2.05, 4.69) is 14.9 Å². The van der Waals surface area contributed by atoms with Gasteiger partial charge in [0.05, 0.1) is 18.9 Å². The number of hydrogen-bond donors (Lipinski definition) is 0. The molecule has 130 valence electrons. The predicted molar refractivity (Wildman–Crippen MR) is 95.2 cm³/mol. The van der Waals surface area contributed by atoms with E-state index in [0.717, 1.165) is 37.2 Å². The Labute approximate surface area is 151 Å². The minimum Gasteiger partial charge on any atom is -0.491 e. The van der Waals surface area contributed by atoms with Gasteiger partial charge in [-0.3, -0.25) is 9.78 Å². The van der Waals surface area contributed by atoms with Gasteiger partial charge >= 0.3 is 0 Å². The molecule has 4 rings (SSSR count). The monoisotopic (exact) mass is 358 g/mol. The number of amides is 1. The van der Waals surface area contributed by atoms with Crippen molar-refractivity contribution >= 4 is 23.3 Å². The number of benzene rings is 1. The molecular formula is C18H19ClN4O2. The molecule has 6 nitrogen and oxygen atoms in total.